The largest absolute Gasteiger partial charge is 0.505 e. The average molecular weight is 296 g/mol. The van der Waals surface area contributed by atoms with E-state index in [0.717, 1.165) is 0 Å². The number of nitrogens with zero attached hydrogens (tertiary/aromatic N) is 1. The van der Waals surface area contributed by atoms with Crippen LogP contribution in [0.25, 0.3) is 0 Å². The van der Waals surface area contributed by atoms with Crippen LogP contribution in [-0.4, -0.2) is 41.3 Å². The van der Waals surface area contributed by atoms with E-state index in [1.807, 2.05) is 20.8 Å². The smallest absolute Gasteiger partial charge is 0.410 e. The van der Waals surface area contributed by atoms with Crippen molar-refractivity contribution in [1.29, 1.82) is 0 Å². The standard InChI is InChI=1S/C15H21FN2O3/c1-15(2,3)21-14(20)18-7-6-17-9-12(18)10-4-5-13(19)11(16)8-10/h4-5,8,12,17,19H,6-7,9H2,1-3H3. The first-order valence-corrected chi connectivity index (χ1v) is 6.97. The first kappa shape index (κ1) is 15.6. The van der Waals surface area contributed by atoms with Gasteiger partial charge in [0, 0.05) is 19.6 Å². The molecule has 116 valence electrons. The Morgan fingerprint density at radius 1 is 1.48 bits per heavy atom. The van der Waals surface area contributed by atoms with Crippen molar-refractivity contribution in [1.82, 2.24) is 10.2 Å². The second kappa shape index (κ2) is 5.89. The number of carbonyl (C=O) groups is 1. The van der Waals surface area contributed by atoms with Crippen LogP contribution in [-0.2, 0) is 4.74 Å². The van der Waals surface area contributed by atoms with Gasteiger partial charge < -0.3 is 15.2 Å². The zero-order valence-corrected chi connectivity index (χ0v) is 12.5. The number of ether oxygens (including phenoxy) is 1. The lowest BCUT2D eigenvalue weighted by molar-refractivity contribution is 0.0117. The number of aromatic hydroxyl groups is 1. The molecule has 6 heteroatoms. The molecule has 1 unspecified atom stereocenters. The van der Waals surface area contributed by atoms with Crippen molar-refractivity contribution >= 4 is 6.09 Å². The van der Waals surface area contributed by atoms with Gasteiger partial charge in [-0.2, -0.15) is 0 Å². The van der Waals surface area contributed by atoms with Gasteiger partial charge in [0.2, 0.25) is 0 Å². The van der Waals surface area contributed by atoms with Gasteiger partial charge in [-0.25, -0.2) is 9.18 Å². The monoisotopic (exact) mass is 296 g/mol. The second-order valence-corrected chi connectivity index (χ2v) is 6.10. The molecule has 1 aromatic rings. The minimum Gasteiger partial charge on any atom is -0.505 e. The van der Waals surface area contributed by atoms with Gasteiger partial charge in [0.05, 0.1) is 6.04 Å². The van der Waals surface area contributed by atoms with E-state index in [0.29, 0.717) is 25.2 Å². The number of amides is 1. The minimum atomic E-state index is -0.692. The van der Waals surface area contributed by atoms with Crippen LogP contribution in [0, 0.1) is 5.82 Å². The lowest BCUT2D eigenvalue weighted by Gasteiger charge is -2.37. The average Bonchev–Trinajstić information content (AvgIpc) is 2.40. The SMILES string of the molecule is CC(C)(C)OC(=O)N1CCNCC1c1ccc(O)c(F)c1. The molecule has 1 amide bonds. The number of rotatable bonds is 1. The van der Waals surface area contributed by atoms with Gasteiger partial charge in [-0.05, 0) is 38.5 Å². The van der Waals surface area contributed by atoms with Crippen LogP contribution in [0.3, 0.4) is 0 Å². The lowest BCUT2D eigenvalue weighted by Crippen LogP contribution is -2.50. The molecule has 0 spiro atoms. The Balaban J connectivity index is 2.22. The zero-order valence-electron chi connectivity index (χ0n) is 12.5. The van der Waals surface area contributed by atoms with Crippen molar-refractivity contribution < 1.29 is 19.0 Å². The zero-order chi connectivity index (χ0) is 15.6. The first-order chi connectivity index (χ1) is 9.78. The number of benzene rings is 1. The molecule has 2 rings (SSSR count). The van der Waals surface area contributed by atoms with E-state index < -0.39 is 23.3 Å². The van der Waals surface area contributed by atoms with E-state index in [1.165, 1.54) is 12.1 Å². The topological polar surface area (TPSA) is 61.8 Å². The quantitative estimate of drug-likeness (QED) is 0.835. The van der Waals surface area contributed by atoms with Crippen molar-refractivity contribution in [3.05, 3.63) is 29.6 Å². The van der Waals surface area contributed by atoms with Crippen LogP contribution < -0.4 is 5.32 Å². The van der Waals surface area contributed by atoms with Crippen LogP contribution in [0.2, 0.25) is 0 Å². The molecule has 1 aliphatic heterocycles. The summed E-state index contributed by atoms with van der Waals surface area (Å²) in [5, 5.41) is 12.5. The van der Waals surface area contributed by atoms with Crippen molar-refractivity contribution in [2.45, 2.75) is 32.4 Å². The van der Waals surface area contributed by atoms with Crippen LogP contribution in [0.5, 0.6) is 5.75 Å². The van der Waals surface area contributed by atoms with E-state index in [-0.39, 0.29) is 6.04 Å². The molecule has 1 saturated heterocycles. The number of nitrogens with one attached hydrogen (secondary N) is 1. The van der Waals surface area contributed by atoms with Crippen LogP contribution in [0.15, 0.2) is 18.2 Å². The lowest BCUT2D eigenvalue weighted by atomic mass is 10.0. The van der Waals surface area contributed by atoms with Crippen molar-refractivity contribution in [3.8, 4) is 5.75 Å². The Morgan fingerprint density at radius 2 is 2.19 bits per heavy atom. The third kappa shape index (κ3) is 3.85. The van der Waals surface area contributed by atoms with Gasteiger partial charge in [-0.15, -0.1) is 0 Å². The third-order valence-corrected chi connectivity index (χ3v) is 3.23. The number of phenols is 1. The Bertz CT molecular complexity index is 528. The van der Waals surface area contributed by atoms with Crippen molar-refractivity contribution in [3.63, 3.8) is 0 Å². The normalized spacial score (nSPS) is 19.4. The fraction of sp³-hybridized carbons (Fsp3) is 0.533. The van der Waals surface area contributed by atoms with E-state index >= 15 is 0 Å². The summed E-state index contributed by atoms with van der Waals surface area (Å²) in [7, 11) is 0. The van der Waals surface area contributed by atoms with Gasteiger partial charge in [0.25, 0.3) is 0 Å². The molecule has 1 heterocycles. The number of phenolic OH excluding ortho intramolecular Hbond substituents is 1. The van der Waals surface area contributed by atoms with Crippen molar-refractivity contribution in [2.24, 2.45) is 0 Å². The molecule has 1 aromatic carbocycles. The predicted molar refractivity (Wildman–Crippen MR) is 76.6 cm³/mol. The molecule has 5 nitrogen and oxygen atoms in total. The summed E-state index contributed by atoms with van der Waals surface area (Å²) < 4.78 is 18.9. The highest BCUT2D eigenvalue weighted by molar-refractivity contribution is 5.69. The van der Waals surface area contributed by atoms with Gasteiger partial charge in [0.15, 0.2) is 11.6 Å². The molecule has 0 aromatic heterocycles. The molecule has 0 radical (unpaired) electrons. The molecule has 1 aliphatic rings. The maximum absolute atomic E-state index is 13.5. The van der Waals surface area contributed by atoms with Gasteiger partial charge in [-0.3, -0.25) is 4.90 Å². The molecule has 2 N–H and O–H groups in total. The third-order valence-electron chi connectivity index (χ3n) is 3.23. The molecule has 0 saturated carbocycles. The number of halogens is 1. The summed E-state index contributed by atoms with van der Waals surface area (Å²) in [6.45, 7) is 7.09. The summed E-state index contributed by atoms with van der Waals surface area (Å²) in [6, 6.07) is 3.85. The Kier molecular flexibility index (Phi) is 4.37. The van der Waals surface area contributed by atoms with Crippen LogP contribution in [0.4, 0.5) is 9.18 Å². The molecular weight excluding hydrogens is 275 g/mol. The van der Waals surface area contributed by atoms with Crippen molar-refractivity contribution in [2.75, 3.05) is 19.6 Å². The maximum Gasteiger partial charge on any atom is 0.410 e. The van der Waals surface area contributed by atoms with Gasteiger partial charge in [0.1, 0.15) is 5.60 Å². The highest BCUT2D eigenvalue weighted by atomic mass is 19.1. The summed E-state index contributed by atoms with van der Waals surface area (Å²) >= 11 is 0. The minimum absolute atomic E-state index is 0.316. The number of hydrogen-bond donors (Lipinski definition) is 2. The number of carbonyl (C=O) groups excluding carboxylic acids is 1. The fourth-order valence-corrected chi connectivity index (χ4v) is 2.27. The van der Waals surface area contributed by atoms with Crippen LogP contribution >= 0.6 is 0 Å². The summed E-state index contributed by atoms with van der Waals surface area (Å²) in [4.78, 5) is 13.9. The van der Waals surface area contributed by atoms with E-state index in [9.17, 15) is 14.3 Å². The molecular formula is C15H21FN2O3. The maximum atomic E-state index is 13.5. The predicted octanol–water partition coefficient (Wildman–Crippen LogP) is 2.41. The molecule has 0 bridgehead atoms. The fourth-order valence-electron chi connectivity index (χ4n) is 2.27. The first-order valence-electron chi connectivity index (χ1n) is 6.97. The molecule has 21 heavy (non-hydrogen) atoms. The van der Waals surface area contributed by atoms with E-state index in [1.54, 1.807) is 11.0 Å². The molecule has 1 atom stereocenters. The Labute approximate surface area is 123 Å². The summed E-state index contributed by atoms with van der Waals surface area (Å²) in [6.07, 6.45) is -0.414. The van der Waals surface area contributed by atoms with Gasteiger partial charge in [-0.1, -0.05) is 6.07 Å². The number of piperazine rings is 1. The van der Waals surface area contributed by atoms with Gasteiger partial charge >= 0.3 is 6.09 Å². The van der Waals surface area contributed by atoms with Crippen LogP contribution in [0.1, 0.15) is 32.4 Å². The molecule has 0 aliphatic carbocycles. The Morgan fingerprint density at radius 3 is 2.81 bits per heavy atom. The van der Waals surface area contributed by atoms with E-state index in [2.05, 4.69) is 5.32 Å². The number of hydrogen-bond acceptors (Lipinski definition) is 4. The highest BCUT2D eigenvalue weighted by Gasteiger charge is 2.31. The second-order valence-electron chi connectivity index (χ2n) is 6.10. The molecule has 1 fully saturated rings. The highest BCUT2D eigenvalue weighted by Crippen LogP contribution is 2.27. The Hall–Kier alpha value is -1.82. The summed E-state index contributed by atoms with van der Waals surface area (Å²) in [5.74, 6) is -1.09. The van der Waals surface area contributed by atoms with E-state index in [4.69, 9.17) is 4.74 Å². The summed E-state index contributed by atoms with van der Waals surface area (Å²) in [5.41, 5.74) is 0.0514.